The summed E-state index contributed by atoms with van der Waals surface area (Å²) in [5.41, 5.74) is 0.933. The minimum Gasteiger partial charge on any atom is -0.507 e. The van der Waals surface area contributed by atoms with Crippen LogP contribution in [0.15, 0.2) is 40.6 Å². The third kappa shape index (κ3) is 9.39. The number of amides is 1. The predicted octanol–water partition coefficient (Wildman–Crippen LogP) is 4.14. The summed E-state index contributed by atoms with van der Waals surface area (Å²) < 4.78 is 15.0. The van der Waals surface area contributed by atoms with Crippen LogP contribution in [0.5, 0.6) is 5.75 Å². The number of azo groups is 1. The van der Waals surface area contributed by atoms with Crippen LogP contribution >= 0.6 is 0 Å². The van der Waals surface area contributed by atoms with Crippen LogP contribution in [0, 0.1) is 11.3 Å². The maximum absolute atomic E-state index is 12.3. The number of carbonyl (C=O) groups excluding carboxylic acids is 4. The molecule has 1 amide bonds. The lowest BCUT2D eigenvalue weighted by molar-refractivity contribution is -0.141. The number of nitrogens with one attached hydrogen (secondary N) is 1. The third-order valence-electron chi connectivity index (χ3n) is 5.27. The van der Waals surface area contributed by atoms with E-state index in [9.17, 15) is 29.5 Å². The van der Waals surface area contributed by atoms with Crippen LogP contribution < -0.4 is 10.2 Å². The van der Waals surface area contributed by atoms with Crippen molar-refractivity contribution >= 4 is 46.6 Å². The fourth-order valence-corrected chi connectivity index (χ4v) is 3.35. The van der Waals surface area contributed by atoms with E-state index in [1.54, 1.807) is 36.9 Å². The number of phenols is 1. The zero-order chi connectivity index (χ0) is 29.7. The summed E-state index contributed by atoms with van der Waals surface area (Å²) >= 11 is 0. The molecule has 0 heterocycles. The van der Waals surface area contributed by atoms with Crippen LogP contribution in [0.4, 0.5) is 22.7 Å². The van der Waals surface area contributed by atoms with Gasteiger partial charge in [-0.05, 0) is 31.2 Å². The first-order valence-electron chi connectivity index (χ1n) is 12.4. The number of rotatable bonds is 13. The second-order valence-electron chi connectivity index (χ2n) is 8.19. The van der Waals surface area contributed by atoms with E-state index in [1.807, 2.05) is 6.07 Å². The number of esters is 3. The Bertz CT molecular complexity index is 1300. The van der Waals surface area contributed by atoms with Gasteiger partial charge in [-0.25, -0.2) is 4.79 Å². The first-order valence-corrected chi connectivity index (χ1v) is 12.4. The minimum absolute atomic E-state index is 0.00529. The van der Waals surface area contributed by atoms with Crippen LogP contribution in [-0.2, 0) is 28.6 Å². The van der Waals surface area contributed by atoms with E-state index >= 15 is 0 Å². The molecule has 0 aromatic heterocycles. The number of hydrogen-bond acceptors (Lipinski definition) is 12. The molecule has 2 aromatic rings. The van der Waals surface area contributed by atoms with Crippen molar-refractivity contribution < 1.29 is 38.5 Å². The lowest BCUT2D eigenvalue weighted by atomic mass is 10.1. The summed E-state index contributed by atoms with van der Waals surface area (Å²) in [6.07, 6.45) is 0.186. The van der Waals surface area contributed by atoms with Gasteiger partial charge in [0.05, 0.1) is 30.9 Å². The summed E-state index contributed by atoms with van der Waals surface area (Å²) in [5, 5.41) is 30.8. The summed E-state index contributed by atoms with van der Waals surface area (Å²) in [7, 11) is 0. The topological polar surface area (TPSA) is 180 Å². The van der Waals surface area contributed by atoms with Crippen molar-refractivity contribution in [1.29, 1.82) is 5.26 Å². The molecule has 0 aliphatic rings. The van der Waals surface area contributed by atoms with Gasteiger partial charge in [-0.1, -0.05) is 6.92 Å². The highest BCUT2D eigenvalue weighted by Crippen LogP contribution is 2.34. The predicted molar refractivity (Wildman–Crippen MR) is 144 cm³/mol. The molecule has 212 valence electrons. The maximum Gasteiger partial charge on any atom is 0.341 e. The molecule has 0 bridgehead atoms. The average molecular weight is 554 g/mol. The highest BCUT2D eigenvalue weighted by atomic mass is 16.5. The second kappa shape index (κ2) is 15.4. The van der Waals surface area contributed by atoms with Crippen molar-refractivity contribution in [2.24, 2.45) is 10.2 Å². The Balaban J connectivity index is 2.45. The fraction of sp³-hybridized carbons (Fsp3) is 0.370. The summed E-state index contributed by atoms with van der Waals surface area (Å²) in [6.45, 7) is 6.69. The molecule has 40 heavy (non-hydrogen) atoms. The first-order chi connectivity index (χ1) is 19.1. The third-order valence-corrected chi connectivity index (χ3v) is 5.27. The van der Waals surface area contributed by atoms with Crippen molar-refractivity contribution in [2.45, 2.75) is 34.1 Å². The Morgan fingerprint density at radius 3 is 2.12 bits per heavy atom. The Morgan fingerprint density at radius 1 is 0.950 bits per heavy atom. The minimum atomic E-state index is -0.785. The van der Waals surface area contributed by atoms with Crippen molar-refractivity contribution in [3.63, 3.8) is 0 Å². The zero-order valence-electron chi connectivity index (χ0n) is 22.7. The van der Waals surface area contributed by atoms with Crippen molar-refractivity contribution in [3.8, 4) is 11.8 Å². The van der Waals surface area contributed by atoms with Gasteiger partial charge in [0.1, 0.15) is 42.0 Å². The van der Waals surface area contributed by atoms with Crippen molar-refractivity contribution in [2.75, 3.05) is 43.1 Å². The monoisotopic (exact) mass is 553 g/mol. The van der Waals surface area contributed by atoms with Gasteiger partial charge >= 0.3 is 17.9 Å². The molecule has 13 nitrogen and oxygen atoms in total. The van der Waals surface area contributed by atoms with Gasteiger partial charge in [0.25, 0.3) is 0 Å². The molecule has 0 unspecified atom stereocenters. The Labute approximate surface area is 231 Å². The van der Waals surface area contributed by atoms with Crippen LogP contribution in [0.3, 0.4) is 0 Å². The number of hydrogen-bond donors (Lipinski definition) is 2. The van der Waals surface area contributed by atoms with E-state index in [-0.39, 0.29) is 67.7 Å². The molecule has 2 N–H and O–H groups in total. The Morgan fingerprint density at radius 2 is 1.57 bits per heavy atom. The smallest absolute Gasteiger partial charge is 0.341 e. The quantitative estimate of drug-likeness (QED) is 0.208. The maximum atomic E-state index is 12.3. The lowest BCUT2D eigenvalue weighted by Crippen LogP contribution is -2.32. The lowest BCUT2D eigenvalue weighted by Gasteiger charge is -2.25. The fourth-order valence-electron chi connectivity index (χ4n) is 3.35. The van der Waals surface area contributed by atoms with Gasteiger partial charge in [0.15, 0.2) is 0 Å². The molecule has 0 fully saturated rings. The number of ether oxygens (including phenoxy) is 3. The number of nitrogens with zero attached hydrogens (tertiary/aromatic N) is 4. The van der Waals surface area contributed by atoms with Gasteiger partial charge < -0.3 is 29.5 Å². The average Bonchev–Trinajstić information content (AvgIpc) is 2.91. The molecule has 0 saturated heterocycles. The molecular weight excluding hydrogens is 522 g/mol. The van der Waals surface area contributed by atoms with Crippen LogP contribution in [0.2, 0.25) is 0 Å². The normalized spacial score (nSPS) is 10.5. The largest absolute Gasteiger partial charge is 0.507 e. The van der Waals surface area contributed by atoms with E-state index in [0.717, 1.165) is 12.1 Å². The highest BCUT2D eigenvalue weighted by Gasteiger charge is 2.17. The molecule has 0 aliphatic carbocycles. The molecule has 0 saturated carbocycles. The molecule has 0 spiro atoms. The van der Waals surface area contributed by atoms with Gasteiger partial charge in [0.2, 0.25) is 5.91 Å². The number of benzene rings is 2. The Hall–Kier alpha value is -4.99. The second-order valence-corrected chi connectivity index (χ2v) is 8.19. The molecule has 0 radical (unpaired) electrons. The van der Waals surface area contributed by atoms with Crippen LogP contribution in [0.25, 0.3) is 0 Å². The summed E-state index contributed by atoms with van der Waals surface area (Å²) in [4.78, 5) is 48.5. The highest BCUT2D eigenvalue weighted by molar-refractivity contribution is 5.95. The number of phenolic OH excluding ortho intramolecular Hbond substituents is 1. The van der Waals surface area contributed by atoms with Crippen LogP contribution in [0.1, 0.15) is 50.0 Å². The number of carbonyl (C=O) groups is 4. The standard InChI is InChI=1S/C27H31N5O8/c1-5-26(36)29-24-14-20(32(9-11-39-17(3)33)10-12-40-18(4)34)7-8-22(24)30-31-23-15-25(35)21(13-19(23)16-28)27(37)38-6-2/h7-8,13-15,35H,5-6,9-12H2,1-4H3,(H,29,36). The SMILES string of the molecule is CCOC(=O)c1cc(C#N)c(N=Nc2ccc(N(CCOC(C)=O)CCOC(C)=O)cc2NC(=O)CC)cc1O. The van der Waals surface area contributed by atoms with Crippen LogP contribution in [-0.4, -0.2) is 61.8 Å². The summed E-state index contributed by atoms with van der Waals surface area (Å²) in [6, 6.07) is 9.09. The van der Waals surface area contributed by atoms with E-state index < -0.39 is 23.7 Å². The molecule has 2 aromatic carbocycles. The molecule has 0 atom stereocenters. The number of aromatic hydroxyl groups is 1. The number of anilines is 2. The van der Waals surface area contributed by atoms with Gasteiger partial charge in [0, 0.05) is 32.0 Å². The molecule has 0 aliphatic heterocycles. The molecular formula is C27H31N5O8. The van der Waals surface area contributed by atoms with Gasteiger partial charge in [-0.3, -0.25) is 14.4 Å². The number of nitriles is 1. The van der Waals surface area contributed by atoms with E-state index in [4.69, 9.17) is 14.2 Å². The zero-order valence-corrected chi connectivity index (χ0v) is 22.7. The van der Waals surface area contributed by atoms with E-state index in [2.05, 4.69) is 15.5 Å². The Kier molecular flexibility index (Phi) is 12.0. The molecule has 13 heteroatoms. The summed E-state index contributed by atoms with van der Waals surface area (Å²) in [5.74, 6) is -2.40. The van der Waals surface area contributed by atoms with E-state index in [1.165, 1.54) is 13.8 Å². The van der Waals surface area contributed by atoms with Gasteiger partial charge in [-0.2, -0.15) is 5.26 Å². The molecule has 2 rings (SSSR count). The van der Waals surface area contributed by atoms with E-state index in [0.29, 0.717) is 11.4 Å². The van der Waals surface area contributed by atoms with Gasteiger partial charge in [-0.15, -0.1) is 10.2 Å². The van der Waals surface area contributed by atoms with Crippen molar-refractivity contribution in [3.05, 3.63) is 41.5 Å². The first kappa shape index (κ1) is 31.2. The van der Waals surface area contributed by atoms with Crippen molar-refractivity contribution in [1.82, 2.24) is 0 Å².